The lowest BCUT2D eigenvalue weighted by Crippen LogP contribution is -2.26. The molecule has 0 saturated heterocycles. The summed E-state index contributed by atoms with van der Waals surface area (Å²) in [6.45, 7) is 3.88. The van der Waals surface area contributed by atoms with E-state index < -0.39 is 30.0 Å². The number of benzene rings is 1. The second-order valence-corrected chi connectivity index (χ2v) is 7.12. The Hall–Kier alpha value is -2.62. The van der Waals surface area contributed by atoms with Crippen molar-refractivity contribution in [3.05, 3.63) is 64.5 Å². The first-order valence-electron chi connectivity index (χ1n) is 9.41. The van der Waals surface area contributed by atoms with Gasteiger partial charge in [0.15, 0.2) is 11.8 Å². The summed E-state index contributed by atoms with van der Waals surface area (Å²) in [7, 11) is 0. The number of hydrogen-bond donors (Lipinski definition) is 1. The minimum atomic E-state index is -2.01. The molecule has 1 aromatic carbocycles. The van der Waals surface area contributed by atoms with Crippen molar-refractivity contribution in [2.75, 3.05) is 13.2 Å². The number of aliphatic carboxylic acids is 1. The van der Waals surface area contributed by atoms with Gasteiger partial charge in [0, 0.05) is 19.4 Å². The van der Waals surface area contributed by atoms with Crippen LogP contribution in [0.15, 0.2) is 53.9 Å². The Morgan fingerprint density at radius 2 is 2.23 bits per heavy atom. The molecule has 160 valence electrons. The van der Waals surface area contributed by atoms with Gasteiger partial charge in [-0.1, -0.05) is 35.6 Å². The van der Waals surface area contributed by atoms with E-state index in [1.165, 1.54) is 18.2 Å². The number of rotatable bonds is 8. The Labute approximate surface area is 179 Å². The number of allylic oxidation sites excluding steroid dienone is 5. The van der Waals surface area contributed by atoms with E-state index in [9.17, 15) is 13.6 Å². The molecule has 0 saturated carbocycles. The standard InChI is InChI=1S/C23H23ClF2O4/c1-3-29-21(22(27)28)14-17-6-7-20(19(24)13-17)30-12-9-16(2)8-11-23(26)10-4-5-18(25)15-23/h4-7,9-10,13,21H,3,12,14-15H2,1-2H3,(H,27,28)/t21-,23?/m0/s1. The van der Waals surface area contributed by atoms with Crippen molar-refractivity contribution in [2.45, 2.75) is 38.5 Å². The monoisotopic (exact) mass is 436 g/mol. The maximum Gasteiger partial charge on any atom is 0.333 e. The molecule has 2 atom stereocenters. The van der Waals surface area contributed by atoms with Crippen molar-refractivity contribution in [2.24, 2.45) is 0 Å². The molecule has 0 heterocycles. The Morgan fingerprint density at radius 1 is 1.47 bits per heavy atom. The van der Waals surface area contributed by atoms with E-state index >= 15 is 0 Å². The zero-order chi connectivity index (χ0) is 22.1. The van der Waals surface area contributed by atoms with Crippen molar-refractivity contribution >= 4 is 17.6 Å². The molecule has 1 aliphatic rings. The maximum absolute atomic E-state index is 14.4. The first-order valence-corrected chi connectivity index (χ1v) is 9.78. The topological polar surface area (TPSA) is 55.8 Å². The van der Waals surface area contributed by atoms with Crippen LogP contribution in [0.3, 0.4) is 0 Å². The summed E-state index contributed by atoms with van der Waals surface area (Å²) >= 11 is 6.22. The Morgan fingerprint density at radius 3 is 2.87 bits per heavy atom. The minimum Gasteiger partial charge on any atom is -0.488 e. The summed E-state index contributed by atoms with van der Waals surface area (Å²) < 4.78 is 38.4. The van der Waals surface area contributed by atoms with E-state index in [4.69, 9.17) is 26.2 Å². The van der Waals surface area contributed by atoms with Crippen LogP contribution in [0.2, 0.25) is 5.02 Å². The van der Waals surface area contributed by atoms with Crippen molar-refractivity contribution < 1.29 is 28.2 Å². The molecule has 1 aliphatic carbocycles. The number of alkyl halides is 1. The summed E-state index contributed by atoms with van der Waals surface area (Å²) in [6.07, 6.45) is 4.27. The van der Waals surface area contributed by atoms with Gasteiger partial charge in [-0.2, -0.15) is 0 Å². The van der Waals surface area contributed by atoms with Gasteiger partial charge in [-0.15, -0.1) is 0 Å². The first-order chi connectivity index (χ1) is 14.2. The van der Waals surface area contributed by atoms with Crippen LogP contribution < -0.4 is 4.74 Å². The molecule has 0 spiro atoms. The summed E-state index contributed by atoms with van der Waals surface area (Å²) in [5, 5.41) is 9.50. The highest BCUT2D eigenvalue weighted by atomic mass is 35.5. The molecule has 0 radical (unpaired) electrons. The lowest BCUT2D eigenvalue weighted by Gasteiger charge is -2.16. The SMILES string of the molecule is CCO[C@@H](Cc1ccc(OCC=C(C)C#CC2(F)C=CC=C(F)C2)c(Cl)c1)C(=O)O. The van der Waals surface area contributed by atoms with Crippen molar-refractivity contribution in [1.29, 1.82) is 0 Å². The molecular formula is C23H23ClF2O4. The van der Waals surface area contributed by atoms with Crippen LogP contribution in [0.5, 0.6) is 5.75 Å². The largest absolute Gasteiger partial charge is 0.488 e. The fourth-order valence-corrected chi connectivity index (χ4v) is 2.94. The third-order valence-corrected chi connectivity index (χ3v) is 4.52. The number of carboxylic acids is 1. The zero-order valence-electron chi connectivity index (χ0n) is 16.8. The molecular weight excluding hydrogens is 414 g/mol. The highest BCUT2D eigenvalue weighted by Gasteiger charge is 2.27. The molecule has 0 fully saturated rings. The van der Waals surface area contributed by atoms with Crippen LogP contribution in [0.25, 0.3) is 0 Å². The van der Waals surface area contributed by atoms with Crippen molar-refractivity contribution in [3.8, 4) is 17.6 Å². The Balaban J connectivity index is 1.95. The zero-order valence-corrected chi connectivity index (χ0v) is 17.5. The van der Waals surface area contributed by atoms with Gasteiger partial charge in [0.2, 0.25) is 0 Å². The third kappa shape index (κ3) is 7.33. The summed E-state index contributed by atoms with van der Waals surface area (Å²) in [4.78, 5) is 11.2. The highest BCUT2D eigenvalue weighted by Crippen LogP contribution is 2.28. The van der Waals surface area contributed by atoms with E-state index in [-0.39, 0.29) is 13.0 Å². The molecule has 0 bridgehead atoms. The molecule has 0 aromatic heterocycles. The van der Waals surface area contributed by atoms with Gasteiger partial charge in [0.05, 0.1) is 5.02 Å². The molecule has 1 N–H and O–H groups in total. The van der Waals surface area contributed by atoms with Crippen LogP contribution in [0.4, 0.5) is 8.78 Å². The minimum absolute atomic E-state index is 0.152. The van der Waals surface area contributed by atoms with Gasteiger partial charge in [-0.05, 0) is 55.3 Å². The second-order valence-electron chi connectivity index (χ2n) is 6.71. The van der Waals surface area contributed by atoms with E-state index in [0.29, 0.717) is 28.5 Å². The highest BCUT2D eigenvalue weighted by molar-refractivity contribution is 6.32. The van der Waals surface area contributed by atoms with Crippen LogP contribution in [-0.2, 0) is 16.0 Å². The van der Waals surface area contributed by atoms with Crippen molar-refractivity contribution in [1.82, 2.24) is 0 Å². The number of halogens is 3. The summed E-state index contributed by atoms with van der Waals surface area (Å²) in [5.74, 6) is 3.95. The normalized spacial score (nSPS) is 19.5. The number of carbonyl (C=O) groups is 1. The molecule has 1 aromatic rings. The average Bonchev–Trinajstić information content (AvgIpc) is 2.67. The fourth-order valence-electron chi connectivity index (χ4n) is 2.69. The van der Waals surface area contributed by atoms with Gasteiger partial charge in [-0.25, -0.2) is 13.6 Å². The summed E-state index contributed by atoms with van der Waals surface area (Å²) in [6, 6.07) is 5.00. The smallest absolute Gasteiger partial charge is 0.333 e. The predicted octanol–water partition coefficient (Wildman–Crippen LogP) is 5.22. The molecule has 7 heteroatoms. The van der Waals surface area contributed by atoms with E-state index in [1.54, 1.807) is 38.1 Å². The van der Waals surface area contributed by atoms with Crippen molar-refractivity contribution in [3.63, 3.8) is 0 Å². The van der Waals surface area contributed by atoms with E-state index in [1.807, 2.05) is 0 Å². The van der Waals surface area contributed by atoms with Crippen LogP contribution in [0.1, 0.15) is 25.8 Å². The summed E-state index contributed by atoms with van der Waals surface area (Å²) in [5.41, 5.74) is -0.728. The lowest BCUT2D eigenvalue weighted by molar-refractivity contribution is -0.149. The molecule has 0 aliphatic heterocycles. The average molecular weight is 437 g/mol. The second kappa shape index (κ2) is 11.0. The number of hydrogen-bond acceptors (Lipinski definition) is 3. The molecule has 30 heavy (non-hydrogen) atoms. The van der Waals surface area contributed by atoms with Crippen LogP contribution in [-0.4, -0.2) is 36.1 Å². The van der Waals surface area contributed by atoms with Gasteiger partial charge in [0.25, 0.3) is 0 Å². The fraction of sp³-hybridized carbons (Fsp3) is 0.348. The Bertz CT molecular complexity index is 927. The quantitative estimate of drug-likeness (QED) is 0.567. The molecule has 0 amide bonds. The van der Waals surface area contributed by atoms with E-state index in [2.05, 4.69) is 11.8 Å². The first kappa shape index (κ1) is 23.7. The van der Waals surface area contributed by atoms with Gasteiger partial charge >= 0.3 is 5.97 Å². The van der Waals surface area contributed by atoms with Crippen LogP contribution >= 0.6 is 11.6 Å². The van der Waals surface area contributed by atoms with E-state index in [0.717, 1.165) is 0 Å². The predicted molar refractivity (Wildman–Crippen MR) is 112 cm³/mol. The van der Waals surface area contributed by atoms with Gasteiger partial charge < -0.3 is 14.6 Å². The molecule has 1 unspecified atom stereocenters. The third-order valence-electron chi connectivity index (χ3n) is 4.22. The maximum atomic E-state index is 14.4. The van der Waals surface area contributed by atoms with Gasteiger partial charge in [-0.3, -0.25) is 0 Å². The number of carboxylic acid groups (broad SMARTS) is 1. The van der Waals surface area contributed by atoms with Crippen LogP contribution in [0, 0.1) is 11.8 Å². The van der Waals surface area contributed by atoms with Gasteiger partial charge in [0.1, 0.15) is 18.2 Å². The lowest BCUT2D eigenvalue weighted by atomic mass is 9.97. The Kier molecular flexibility index (Phi) is 8.64. The number of ether oxygens (including phenoxy) is 2. The molecule has 2 rings (SSSR count). The molecule has 4 nitrogen and oxygen atoms in total.